The van der Waals surface area contributed by atoms with E-state index in [4.69, 9.17) is 9.47 Å². The Labute approximate surface area is 183 Å². The van der Waals surface area contributed by atoms with Crippen molar-refractivity contribution in [1.82, 2.24) is 10.2 Å². The van der Waals surface area contributed by atoms with Crippen LogP contribution in [0.3, 0.4) is 0 Å². The Balaban J connectivity index is 1.32. The lowest BCUT2D eigenvalue weighted by molar-refractivity contribution is -0.133. The predicted molar refractivity (Wildman–Crippen MR) is 117 cm³/mol. The number of carbonyl (C=O) groups excluding carboxylic acids is 2. The normalized spacial score (nSPS) is 15.2. The molecule has 1 saturated heterocycles. The molecule has 1 aliphatic heterocycles. The molecule has 2 aromatic rings. The van der Waals surface area contributed by atoms with E-state index in [9.17, 15) is 14.7 Å². The number of hydrogen-bond donors (Lipinski definition) is 2. The number of aromatic hydroxyl groups is 1. The average molecular weight is 427 g/mol. The number of benzene rings is 2. The van der Waals surface area contributed by atoms with Gasteiger partial charge in [0.15, 0.2) is 6.10 Å². The highest BCUT2D eigenvalue weighted by Gasteiger charge is 2.25. The highest BCUT2D eigenvalue weighted by atomic mass is 16.5. The third-order valence-electron chi connectivity index (χ3n) is 5.26. The molecule has 0 aromatic heterocycles. The van der Waals surface area contributed by atoms with Crippen LogP contribution in [-0.2, 0) is 9.59 Å². The van der Waals surface area contributed by atoms with Gasteiger partial charge in [-0.3, -0.25) is 9.59 Å². The second-order valence-electron chi connectivity index (χ2n) is 7.68. The van der Waals surface area contributed by atoms with Crippen LogP contribution in [0.2, 0.25) is 0 Å². The van der Waals surface area contributed by atoms with Crippen molar-refractivity contribution < 1.29 is 24.2 Å². The number of amides is 2. The third kappa shape index (κ3) is 7.20. The van der Waals surface area contributed by atoms with Crippen molar-refractivity contribution in [2.75, 3.05) is 19.7 Å². The summed E-state index contributed by atoms with van der Waals surface area (Å²) in [6.07, 6.45) is 1.94. The Hall–Kier alpha value is -3.22. The van der Waals surface area contributed by atoms with Gasteiger partial charge in [-0.1, -0.05) is 18.2 Å². The van der Waals surface area contributed by atoms with Crippen molar-refractivity contribution in [3.05, 3.63) is 54.6 Å². The molecule has 0 bridgehead atoms. The number of carbonyl (C=O) groups is 2. The highest BCUT2D eigenvalue weighted by molar-refractivity contribution is 5.81. The Morgan fingerprint density at radius 3 is 2.42 bits per heavy atom. The van der Waals surface area contributed by atoms with Gasteiger partial charge in [-0.15, -0.1) is 0 Å². The molecule has 0 spiro atoms. The van der Waals surface area contributed by atoms with E-state index in [0.29, 0.717) is 38.3 Å². The van der Waals surface area contributed by atoms with E-state index >= 15 is 0 Å². The van der Waals surface area contributed by atoms with Gasteiger partial charge in [0.1, 0.15) is 17.2 Å². The quantitative estimate of drug-likeness (QED) is 0.602. The van der Waals surface area contributed by atoms with Gasteiger partial charge < -0.3 is 24.8 Å². The van der Waals surface area contributed by atoms with Gasteiger partial charge in [0.2, 0.25) is 5.91 Å². The lowest BCUT2D eigenvalue weighted by Gasteiger charge is -2.33. The summed E-state index contributed by atoms with van der Waals surface area (Å²) in [6, 6.07) is 15.9. The molecule has 0 aliphatic carbocycles. The fourth-order valence-corrected chi connectivity index (χ4v) is 3.46. The molecule has 0 radical (unpaired) electrons. The minimum atomic E-state index is -0.645. The molecule has 7 heteroatoms. The van der Waals surface area contributed by atoms with Crippen LogP contribution in [0, 0.1) is 0 Å². The maximum absolute atomic E-state index is 12.4. The first-order chi connectivity index (χ1) is 15.0. The Kier molecular flexibility index (Phi) is 8.15. The largest absolute Gasteiger partial charge is 0.508 e. The van der Waals surface area contributed by atoms with Crippen molar-refractivity contribution in [3.63, 3.8) is 0 Å². The summed E-state index contributed by atoms with van der Waals surface area (Å²) in [6.45, 7) is 3.48. The standard InChI is InChI=1S/C24H30N2O5/c1-18(31-22-11-9-20(27)10-12-22)24(29)25-19-13-15-26(16-14-19)23(28)8-5-17-30-21-6-3-2-4-7-21/h2-4,6-7,9-12,18-19,27H,5,8,13-17H2,1H3,(H,25,29). The minimum absolute atomic E-state index is 0.0313. The zero-order valence-electron chi connectivity index (χ0n) is 17.8. The van der Waals surface area contributed by atoms with Crippen molar-refractivity contribution >= 4 is 11.8 Å². The molecule has 166 valence electrons. The maximum atomic E-state index is 12.4. The Bertz CT molecular complexity index is 833. The van der Waals surface area contributed by atoms with Crippen LogP contribution < -0.4 is 14.8 Å². The molecule has 2 aromatic carbocycles. The molecule has 1 heterocycles. The average Bonchev–Trinajstić information content (AvgIpc) is 2.79. The second kappa shape index (κ2) is 11.2. The van der Waals surface area contributed by atoms with Crippen LogP contribution in [-0.4, -0.2) is 53.7 Å². The molecular weight excluding hydrogens is 396 g/mol. The van der Waals surface area contributed by atoms with E-state index < -0.39 is 6.10 Å². The molecule has 31 heavy (non-hydrogen) atoms. The van der Waals surface area contributed by atoms with Crippen LogP contribution >= 0.6 is 0 Å². The minimum Gasteiger partial charge on any atom is -0.508 e. The van der Waals surface area contributed by atoms with E-state index in [1.54, 1.807) is 19.1 Å². The highest BCUT2D eigenvalue weighted by Crippen LogP contribution is 2.18. The molecule has 1 fully saturated rings. The number of likely N-dealkylation sites (tertiary alicyclic amines) is 1. The lowest BCUT2D eigenvalue weighted by Crippen LogP contribution is -2.49. The summed E-state index contributed by atoms with van der Waals surface area (Å²) in [4.78, 5) is 26.7. The van der Waals surface area contributed by atoms with E-state index in [1.807, 2.05) is 35.2 Å². The van der Waals surface area contributed by atoms with Crippen molar-refractivity contribution in [2.24, 2.45) is 0 Å². The monoisotopic (exact) mass is 426 g/mol. The van der Waals surface area contributed by atoms with E-state index in [-0.39, 0.29) is 23.6 Å². The van der Waals surface area contributed by atoms with Crippen LogP contribution in [0.4, 0.5) is 0 Å². The Morgan fingerprint density at radius 1 is 1.06 bits per heavy atom. The number of nitrogens with zero attached hydrogens (tertiary/aromatic N) is 1. The first-order valence-electron chi connectivity index (χ1n) is 10.7. The van der Waals surface area contributed by atoms with Crippen LogP contribution in [0.1, 0.15) is 32.6 Å². The topological polar surface area (TPSA) is 88.1 Å². The van der Waals surface area contributed by atoms with Crippen molar-refractivity contribution in [1.29, 1.82) is 0 Å². The van der Waals surface area contributed by atoms with Gasteiger partial charge in [-0.25, -0.2) is 0 Å². The molecule has 2 amide bonds. The van der Waals surface area contributed by atoms with E-state index in [2.05, 4.69) is 5.32 Å². The number of piperidine rings is 1. The molecular formula is C24H30N2O5. The van der Waals surface area contributed by atoms with Gasteiger partial charge in [0.25, 0.3) is 5.91 Å². The van der Waals surface area contributed by atoms with Crippen molar-refractivity contribution in [3.8, 4) is 17.2 Å². The maximum Gasteiger partial charge on any atom is 0.260 e. The molecule has 1 aliphatic rings. The first kappa shape index (κ1) is 22.5. The number of phenols is 1. The SMILES string of the molecule is CC(Oc1ccc(O)cc1)C(=O)NC1CCN(C(=O)CCCOc2ccccc2)CC1. The molecule has 3 rings (SSSR count). The number of hydrogen-bond acceptors (Lipinski definition) is 5. The summed E-state index contributed by atoms with van der Waals surface area (Å²) in [5, 5.41) is 12.3. The number of rotatable bonds is 9. The van der Waals surface area contributed by atoms with Crippen LogP contribution in [0.25, 0.3) is 0 Å². The zero-order valence-corrected chi connectivity index (χ0v) is 17.8. The molecule has 7 nitrogen and oxygen atoms in total. The Morgan fingerprint density at radius 2 is 1.74 bits per heavy atom. The first-order valence-corrected chi connectivity index (χ1v) is 10.7. The summed E-state index contributed by atoms with van der Waals surface area (Å²) in [5.74, 6) is 1.43. The van der Waals surface area contributed by atoms with E-state index in [1.165, 1.54) is 12.1 Å². The number of phenolic OH excluding ortho intramolecular Hbond substituents is 1. The van der Waals surface area contributed by atoms with Gasteiger partial charge >= 0.3 is 0 Å². The third-order valence-corrected chi connectivity index (χ3v) is 5.26. The second-order valence-corrected chi connectivity index (χ2v) is 7.68. The summed E-state index contributed by atoms with van der Waals surface area (Å²) in [7, 11) is 0. The summed E-state index contributed by atoms with van der Waals surface area (Å²) >= 11 is 0. The number of nitrogens with one attached hydrogen (secondary N) is 1. The molecule has 1 atom stereocenters. The number of ether oxygens (including phenoxy) is 2. The van der Waals surface area contributed by atoms with Gasteiger partial charge in [-0.05, 0) is 62.6 Å². The summed E-state index contributed by atoms with van der Waals surface area (Å²) in [5.41, 5.74) is 0. The zero-order chi connectivity index (χ0) is 22.1. The fourth-order valence-electron chi connectivity index (χ4n) is 3.46. The summed E-state index contributed by atoms with van der Waals surface area (Å²) < 4.78 is 11.3. The smallest absolute Gasteiger partial charge is 0.260 e. The number of para-hydroxylation sites is 1. The fraction of sp³-hybridized carbons (Fsp3) is 0.417. The van der Waals surface area contributed by atoms with Gasteiger partial charge in [0, 0.05) is 25.6 Å². The molecule has 2 N–H and O–H groups in total. The molecule has 1 unspecified atom stereocenters. The molecule has 0 saturated carbocycles. The van der Waals surface area contributed by atoms with Crippen LogP contribution in [0.5, 0.6) is 17.2 Å². The van der Waals surface area contributed by atoms with Gasteiger partial charge in [0.05, 0.1) is 6.61 Å². The van der Waals surface area contributed by atoms with Crippen LogP contribution in [0.15, 0.2) is 54.6 Å². The van der Waals surface area contributed by atoms with Crippen molar-refractivity contribution in [2.45, 2.75) is 44.8 Å². The lowest BCUT2D eigenvalue weighted by atomic mass is 10.0. The predicted octanol–water partition coefficient (Wildman–Crippen LogP) is 3.13. The van der Waals surface area contributed by atoms with E-state index in [0.717, 1.165) is 18.6 Å². The van der Waals surface area contributed by atoms with Gasteiger partial charge in [-0.2, -0.15) is 0 Å².